The molecule has 1 saturated heterocycles. The normalized spacial score (nSPS) is 19.0. The van der Waals surface area contributed by atoms with E-state index in [1.165, 1.54) is 24.3 Å². The van der Waals surface area contributed by atoms with E-state index in [0.29, 0.717) is 37.5 Å². The van der Waals surface area contributed by atoms with Gasteiger partial charge in [0, 0.05) is 17.5 Å². The number of nitrogens with one attached hydrogen (secondary N) is 1. The van der Waals surface area contributed by atoms with E-state index in [9.17, 15) is 12.8 Å². The molecule has 0 radical (unpaired) electrons. The number of aromatic nitrogens is 2. The highest BCUT2D eigenvalue weighted by Crippen LogP contribution is 2.26. The van der Waals surface area contributed by atoms with Crippen LogP contribution in [0.25, 0.3) is 5.69 Å². The first-order valence-electron chi connectivity index (χ1n) is 10.9. The van der Waals surface area contributed by atoms with Crippen molar-refractivity contribution in [2.75, 3.05) is 13.2 Å². The van der Waals surface area contributed by atoms with Crippen molar-refractivity contribution in [2.24, 2.45) is 0 Å². The summed E-state index contributed by atoms with van der Waals surface area (Å²) in [6, 6.07) is 12.6. The zero-order chi connectivity index (χ0) is 23.9. The minimum atomic E-state index is -3.65. The minimum absolute atomic E-state index is 0.0427. The van der Waals surface area contributed by atoms with E-state index in [1.54, 1.807) is 28.9 Å². The first kappa shape index (κ1) is 22.7. The van der Waals surface area contributed by atoms with E-state index in [1.807, 2.05) is 13.8 Å². The number of sulfonamides is 1. The average molecular weight is 482 g/mol. The molecule has 3 aromatic rings. The summed E-state index contributed by atoms with van der Waals surface area (Å²) in [7, 11) is -3.65. The van der Waals surface area contributed by atoms with Crippen LogP contribution in [0.1, 0.15) is 36.4 Å². The Hall–Kier alpha value is -3.03. The van der Waals surface area contributed by atoms with Gasteiger partial charge in [0.25, 0.3) is 0 Å². The Morgan fingerprint density at radius 2 is 1.82 bits per heavy atom. The number of halogens is 1. The van der Waals surface area contributed by atoms with Gasteiger partial charge in [0.05, 0.1) is 47.7 Å². The van der Waals surface area contributed by atoms with Gasteiger partial charge < -0.3 is 9.47 Å². The van der Waals surface area contributed by atoms with Crippen molar-refractivity contribution in [1.82, 2.24) is 14.5 Å². The van der Waals surface area contributed by atoms with Crippen LogP contribution in [-0.4, -0.2) is 43.1 Å². The molecular weight excluding hydrogens is 457 g/mol. The molecule has 1 N–H and O–H groups in total. The third-order valence-electron chi connectivity index (χ3n) is 5.87. The predicted octanol–water partition coefficient (Wildman–Crippen LogP) is 2.94. The fourth-order valence-electron chi connectivity index (χ4n) is 4.00. The smallest absolute Gasteiger partial charge is 0.241 e. The molecule has 34 heavy (non-hydrogen) atoms. The Labute approximate surface area is 197 Å². The van der Waals surface area contributed by atoms with Crippen molar-refractivity contribution in [3.8, 4) is 17.5 Å². The summed E-state index contributed by atoms with van der Waals surface area (Å²) in [5.41, 5.74) is 3.34. The molecule has 2 aromatic carbocycles. The van der Waals surface area contributed by atoms with Gasteiger partial charge in [-0.15, -0.1) is 0 Å². The summed E-state index contributed by atoms with van der Waals surface area (Å²) in [6.45, 7) is 4.91. The van der Waals surface area contributed by atoms with Crippen LogP contribution in [0.15, 0.2) is 53.4 Å². The molecule has 0 spiro atoms. The van der Waals surface area contributed by atoms with Crippen LogP contribution in [-0.2, 0) is 32.5 Å². The van der Waals surface area contributed by atoms with Crippen molar-refractivity contribution < 1.29 is 22.3 Å². The van der Waals surface area contributed by atoms with Gasteiger partial charge in [-0.25, -0.2) is 22.2 Å². The third kappa shape index (κ3) is 4.50. The number of fused-ring (bicyclic) bond motifs is 1. The summed E-state index contributed by atoms with van der Waals surface area (Å²) in [4.78, 5) is 0.173. The molecule has 5 rings (SSSR count). The Bertz CT molecular complexity index is 1380. The molecule has 1 atom stereocenters. The van der Waals surface area contributed by atoms with Gasteiger partial charge in [-0.2, -0.15) is 5.10 Å². The minimum Gasteiger partial charge on any atom is -0.377 e. The van der Waals surface area contributed by atoms with Crippen molar-refractivity contribution in [2.45, 2.75) is 43.4 Å². The second-order valence-electron chi connectivity index (χ2n) is 8.92. The molecule has 2 aliphatic heterocycles. The molecule has 0 unspecified atom stereocenters. The molecule has 0 aliphatic carbocycles. The summed E-state index contributed by atoms with van der Waals surface area (Å²) in [5.74, 6) is 5.86. The van der Waals surface area contributed by atoms with Crippen LogP contribution in [0.2, 0.25) is 0 Å². The highest BCUT2D eigenvalue weighted by molar-refractivity contribution is 7.89. The lowest BCUT2D eigenvalue weighted by Gasteiger charge is -2.38. The van der Waals surface area contributed by atoms with Crippen LogP contribution >= 0.6 is 0 Å². The van der Waals surface area contributed by atoms with Crippen LogP contribution in [0.3, 0.4) is 0 Å². The maximum Gasteiger partial charge on any atom is 0.241 e. The van der Waals surface area contributed by atoms with Crippen molar-refractivity contribution in [1.29, 1.82) is 0 Å². The molecule has 7 nitrogen and oxygen atoms in total. The summed E-state index contributed by atoms with van der Waals surface area (Å²) in [6.07, 6.45) is 0.714. The third-order valence-corrected chi connectivity index (χ3v) is 7.52. The van der Waals surface area contributed by atoms with Gasteiger partial charge in [-0.1, -0.05) is 5.92 Å². The molecule has 2 aliphatic rings. The highest BCUT2D eigenvalue weighted by atomic mass is 32.2. The monoisotopic (exact) mass is 481 g/mol. The second-order valence-corrected chi connectivity index (χ2v) is 10.6. The van der Waals surface area contributed by atoms with Crippen LogP contribution in [0.5, 0.6) is 0 Å². The maximum absolute atomic E-state index is 13.4. The van der Waals surface area contributed by atoms with E-state index in [2.05, 4.69) is 21.7 Å². The van der Waals surface area contributed by atoms with Crippen LogP contribution in [0.4, 0.5) is 4.39 Å². The Morgan fingerprint density at radius 3 is 2.47 bits per heavy atom. The van der Waals surface area contributed by atoms with Gasteiger partial charge in [0.2, 0.25) is 10.0 Å². The second kappa shape index (κ2) is 8.64. The lowest BCUT2D eigenvalue weighted by Crippen LogP contribution is -2.59. The summed E-state index contributed by atoms with van der Waals surface area (Å²) in [5, 5.41) is 4.68. The van der Waals surface area contributed by atoms with Gasteiger partial charge >= 0.3 is 0 Å². The van der Waals surface area contributed by atoms with Gasteiger partial charge in [-0.05, 0) is 68.3 Å². The highest BCUT2D eigenvalue weighted by Gasteiger charge is 2.37. The van der Waals surface area contributed by atoms with E-state index >= 15 is 0 Å². The molecule has 3 heterocycles. The van der Waals surface area contributed by atoms with Gasteiger partial charge in [0.1, 0.15) is 11.5 Å². The number of nitrogens with zero attached hydrogens (tertiary/aromatic N) is 2. The van der Waals surface area contributed by atoms with Crippen LogP contribution in [0, 0.1) is 17.7 Å². The Balaban J connectivity index is 1.42. The SMILES string of the molecule is C[C@H]1Cc2c(c(C#Cc3ccc(S(=O)(=O)NC4(C)COC4)cc3)nn2-c2ccc(F)cc2)CO1. The molecule has 0 amide bonds. The van der Waals surface area contributed by atoms with Crippen molar-refractivity contribution in [3.05, 3.63) is 76.9 Å². The van der Waals surface area contributed by atoms with E-state index in [0.717, 1.165) is 16.9 Å². The standard InChI is InChI=1S/C25H24FN3O4S/c1-17-13-24-22(14-33-17)23(27-29(24)20-8-6-19(26)7-9-20)12-5-18-3-10-21(11-4-18)34(30,31)28-25(2)15-32-16-25/h3-4,6-11,17,28H,13-16H2,1-2H3/t17-/m0/s1. The fourth-order valence-corrected chi connectivity index (χ4v) is 5.38. The number of hydrogen-bond donors (Lipinski definition) is 1. The number of hydrogen-bond acceptors (Lipinski definition) is 5. The fraction of sp³-hybridized carbons (Fsp3) is 0.320. The molecule has 0 bridgehead atoms. The van der Waals surface area contributed by atoms with Gasteiger partial charge in [0.15, 0.2) is 0 Å². The number of rotatable bonds is 4. The zero-order valence-electron chi connectivity index (χ0n) is 18.8. The molecule has 9 heteroatoms. The topological polar surface area (TPSA) is 82.5 Å². The zero-order valence-corrected chi connectivity index (χ0v) is 19.7. The first-order valence-corrected chi connectivity index (χ1v) is 12.4. The number of ether oxygens (including phenoxy) is 2. The van der Waals surface area contributed by atoms with Crippen molar-refractivity contribution >= 4 is 10.0 Å². The molecule has 1 aromatic heterocycles. The predicted molar refractivity (Wildman–Crippen MR) is 123 cm³/mol. The Kier molecular flexibility index (Phi) is 5.78. The lowest BCUT2D eigenvalue weighted by atomic mass is 10.0. The summed E-state index contributed by atoms with van der Waals surface area (Å²) >= 11 is 0. The molecule has 0 saturated carbocycles. The van der Waals surface area contributed by atoms with Gasteiger partial charge in [-0.3, -0.25) is 0 Å². The van der Waals surface area contributed by atoms with Crippen molar-refractivity contribution in [3.63, 3.8) is 0 Å². The average Bonchev–Trinajstić information content (AvgIpc) is 3.15. The maximum atomic E-state index is 13.4. The van der Waals surface area contributed by atoms with Crippen LogP contribution < -0.4 is 4.72 Å². The molecule has 176 valence electrons. The first-order chi connectivity index (χ1) is 16.2. The quantitative estimate of drug-likeness (QED) is 0.580. The van der Waals surface area contributed by atoms with E-state index < -0.39 is 15.6 Å². The van der Waals surface area contributed by atoms with E-state index in [4.69, 9.17) is 9.47 Å². The summed E-state index contributed by atoms with van der Waals surface area (Å²) < 4.78 is 54.1. The van der Waals surface area contributed by atoms with E-state index in [-0.39, 0.29) is 16.8 Å². The Morgan fingerprint density at radius 1 is 1.12 bits per heavy atom. The molecular formula is C25H24FN3O4S. The molecule has 1 fully saturated rings. The number of benzene rings is 2. The largest absolute Gasteiger partial charge is 0.377 e. The lowest BCUT2D eigenvalue weighted by molar-refractivity contribution is -0.0523.